The fraction of sp³-hybridized carbons (Fsp3) is 0.160. The van der Waals surface area contributed by atoms with Gasteiger partial charge in [0.15, 0.2) is 5.82 Å². The third-order valence-corrected chi connectivity index (χ3v) is 4.91. The largest absolute Gasteiger partial charge is 0.494 e. The number of carbonyl (C=O) groups excluding carboxylic acids is 2. The van der Waals surface area contributed by atoms with Crippen molar-refractivity contribution in [2.75, 3.05) is 11.9 Å². The molecule has 4 rings (SSSR count). The van der Waals surface area contributed by atoms with Crippen LogP contribution in [0.4, 0.5) is 5.82 Å². The van der Waals surface area contributed by atoms with E-state index < -0.39 is 18.0 Å². The van der Waals surface area contributed by atoms with Crippen molar-refractivity contribution in [2.45, 2.75) is 20.0 Å². The summed E-state index contributed by atoms with van der Waals surface area (Å²) in [5.41, 5.74) is 3.35. The van der Waals surface area contributed by atoms with Crippen molar-refractivity contribution in [1.29, 1.82) is 0 Å². The van der Waals surface area contributed by atoms with E-state index in [9.17, 15) is 9.59 Å². The van der Waals surface area contributed by atoms with Gasteiger partial charge in [-0.3, -0.25) is 14.7 Å². The van der Waals surface area contributed by atoms with E-state index in [1.165, 1.54) is 6.92 Å². The average molecular weight is 429 g/mol. The summed E-state index contributed by atoms with van der Waals surface area (Å²) in [4.78, 5) is 24.5. The molecule has 0 bridgehead atoms. The molecule has 1 unspecified atom stereocenters. The van der Waals surface area contributed by atoms with Gasteiger partial charge in [-0.2, -0.15) is 5.10 Å². The van der Waals surface area contributed by atoms with E-state index >= 15 is 0 Å². The number of fused-ring (bicyclic) bond motifs is 1. The first-order valence-electron chi connectivity index (χ1n) is 10.3. The zero-order valence-electron chi connectivity index (χ0n) is 17.8. The van der Waals surface area contributed by atoms with Gasteiger partial charge in [0.25, 0.3) is 5.91 Å². The number of ether oxygens (including phenoxy) is 2. The smallest absolute Gasteiger partial charge is 0.303 e. The van der Waals surface area contributed by atoms with E-state index in [2.05, 4.69) is 15.5 Å². The van der Waals surface area contributed by atoms with Gasteiger partial charge in [0, 0.05) is 17.9 Å². The van der Waals surface area contributed by atoms with Crippen molar-refractivity contribution >= 4 is 28.6 Å². The number of aromatic amines is 1. The van der Waals surface area contributed by atoms with Crippen LogP contribution in [-0.4, -0.2) is 28.7 Å². The molecule has 7 nitrogen and oxygen atoms in total. The molecule has 7 heteroatoms. The lowest BCUT2D eigenvalue weighted by atomic mass is 10.0. The summed E-state index contributed by atoms with van der Waals surface area (Å²) >= 11 is 0. The Bertz CT molecular complexity index is 1250. The predicted octanol–water partition coefficient (Wildman–Crippen LogP) is 4.87. The van der Waals surface area contributed by atoms with Crippen LogP contribution in [0, 0.1) is 0 Å². The number of aromatic nitrogens is 2. The molecule has 3 aromatic carbocycles. The van der Waals surface area contributed by atoms with Gasteiger partial charge in [-0.05, 0) is 42.3 Å². The molecule has 1 heterocycles. The molecule has 0 radical (unpaired) electrons. The Hall–Kier alpha value is -4.13. The second-order valence-corrected chi connectivity index (χ2v) is 7.18. The van der Waals surface area contributed by atoms with Crippen LogP contribution >= 0.6 is 0 Å². The van der Waals surface area contributed by atoms with Crippen molar-refractivity contribution < 1.29 is 19.1 Å². The van der Waals surface area contributed by atoms with Crippen LogP contribution in [0.5, 0.6) is 5.75 Å². The van der Waals surface area contributed by atoms with E-state index in [4.69, 9.17) is 9.47 Å². The Balaban J connectivity index is 1.59. The summed E-state index contributed by atoms with van der Waals surface area (Å²) in [6, 6.07) is 22.5. The number of rotatable bonds is 7. The van der Waals surface area contributed by atoms with Crippen molar-refractivity contribution in [3.05, 3.63) is 78.4 Å². The molecule has 0 fully saturated rings. The summed E-state index contributed by atoms with van der Waals surface area (Å²) in [7, 11) is 0. The van der Waals surface area contributed by atoms with Gasteiger partial charge in [0.05, 0.1) is 12.1 Å². The minimum Gasteiger partial charge on any atom is -0.494 e. The maximum Gasteiger partial charge on any atom is 0.303 e. The Morgan fingerprint density at radius 3 is 2.53 bits per heavy atom. The summed E-state index contributed by atoms with van der Waals surface area (Å²) < 4.78 is 10.9. The molecule has 1 atom stereocenters. The lowest BCUT2D eigenvalue weighted by Crippen LogP contribution is -2.25. The number of esters is 1. The summed E-state index contributed by atoms with van der Waals surface area (Å²) in [6.07, 6.45) is -1.07. The van der Waals surface area contributed by atoms with Crippen LogP contribution in [0.2, 0.25) is 0 Å². The number of nitrogens with zero attached hydrogens (tertiary/aromatic N) is 1. The highest BCUT2D eigenvalue weighted by Crippen LogP contribution is 2.30. The van der Waals surface area contributed by atoms with Gasteiger partial charge >= 0.3 is 5.97 Å². The Labute approximate surface area is 185 Å². The zero-order valence-corrected chi connectivity index (χ0v) is 17.8. The SMILES string of the molecule is CCOc1cccc(-c2ccc3c(NC(=O)C(OC(C)=O)c4ccccc4)n[nH]c3c2)c1. The van der Waals surface area contributed by atoms with Crippen LogP contribution in [0.25, 0.3) is 22.0 Å². The van der Waals surface area contributed by atoms with Gasteiger partial charge in [0.1, 0.15) is 5.75 Å². The average Bonchev–Trinajstić information content (AvgIpc) is 3.20. The van der Waals surface area contributed by atoms with Gasteiger partial charge in [-0.1, -0.05) is 48.5 Å². The molecule has 0 saturated carbocycles. The minimum atomic E-state index is -1.07. The molecule has 0 aliphatic heterocycles. The summed E-state index contributed by atoms with van der Waals surface area (Å²) in [5.74, 6) is 0.154. The zero-order chi connectivity index (χ0) is 22.5. The van der Waals surface area contributed by atoms with Gasteiger partial charge in [-0.15, -0.1) is 0 Å². The molecular weight excluding hydrogens is 406 g/mol. The summed E-state index contributed by atoms with van der Waals surface area (Å²) in [5, 5.41) is 10.7. The maximum atomic E-state index is 12.9. The Morgan fingerprint density at radius 1 is 1.00 bits per heavy atom. The van der Waals surface area contributed by atoms with E-state index in [0.29, 0.717) is 18.0 Å². The first kappa shape index (κ1) is 21.1. The number of benzene rings is 3. The quantitative estimate of drug-likeness (QED) is 0.409. The van der Waals surface area contributed by atoms with Gasteiger partial charge in [-0.25, -0.2) is 0 Å². The number of H-pyrrole nitrogens is 1. The van der Waals surface area contributed by atoms with E-state index in [1.807, 2.05) is 55.5 Å². The van der Waals surface area contributed by atoms with E-state index in [1.54, 1.807) is 24.3 Å². The monoisotopic (exact) mass is 429 g/mol. The highest BCUT2D eigenvalue weighted by atomic mass is 16.5. The number of hydrogen-bond donors (Lipinski definition) is 2. The van der Waals surface area contributed by atoms with Crippen molar-refractivity contribution in [3.8, 4) is 16.9 Å². The molecule has 32 heavy (non-hydrogen) atoms. The van der Waals surface area contributed by atoms with Crippen molar-refractivity contribution in [3.63, 3.8) is 0 Å². The molecule has 0 aliphatic rings. The molecule has 1 aromatic heterocycles. The van der Waals surface area contributed by atoms with Crippen LogP contribution < -0.4 is 10.1 Å². The van der Waals surface area contributed by atoms with Crippen LogP contribution in [0.3, 0.4) is 0 Å². The molecule has 0 aliphatic carbocycles. The van der Waals surface area contributed by atoms with Crippen molar-refractivity contribution in [2.24, 2.45) is 0 Å². The Morgan fingerprint density at radius 2 is 1.78 bits per heavy atom. The Kier molecular flexibility index (Phi) is 6.17. The molecule has 0 saturated heterocycles. The predicted molar refractivity (Wildman–Crippen MR) is 122 cm³/mol. The lowest BCUT2D eigenvalue weighted by Gasteiger charge is -2.16. The third-order valence-electron chi connectivity index (χ3n) is 4.91. The topological polar surface area (TPSA) is 93.3 Å². The number of hydrogen-bond acceptors (Lipinski definition) is 5. The standard InChI is InChI=1S/C25H23N3O4/c1-3-31-20-11-7-10-18(14-20)19-12-13-21-22(15-19)27-28-24(21)26-25(30)23(32-16(2)29)17-8-5-4-6-9-17/h4-15,23H,3H2,1-2H3,(H2,26,27,28,30). The van der Waals surface area contributed by atoms with Crippen molar-refractivity contribution in [1.82, 2.24) is 10.2 Å². The fourth-order valence-corrected chi connectivity index (χ4v) is 3.48. The molecule has 0 spiro atoms. The van der Waals surface area contributed by atoms with Gasteiger partial charge in [0.2, 0.25) is 6.10 Å². The minimum absolute atomic E-state index is 0.368. The van der Waals surface area contributed by atoms with Crippen LogP contribution in [0.15, 0.2) is 72.8 Å². The summed E-state index contributed by atoms with van der Waals surface area (Å²) in [6.45, 7) is 3.82. The second-order valence-electron chi connectivity index (χ2n) is 7.18. The normalized spacial score (nSPS) is 11.7. The van der Waals surface area contributed by atoms with E-state index in [-0.39, 0.29) is 0 Å². The van der Waals surface area contributed by atoms with E-state index in [0.717, 1.165) is 27.8 Å². The first-order valence-corrected chi connectivity index (χ1v) is 10.3. The molecular formula is C25H23N3O4. The molecule has 4 aromatic rings. The third kappa shape index (κ3) is 4.62. The first-order chi connectivity index (χ1) is 15.5. The van der Waals surface area contributed by atoms with Crippen LogP contribution in [-0.2, 0) is 14.3 Å². The number of amides is 1. The lowest BCUT2D eigenvalue weighted by molar-refractivity contribution is -0.152. The maximum absolute atomic E-state index is 12.9. The van der Waals surface area contributed by atoms with Crippen LogP contribution in [0.1, 0.15) is 25.5 Å². The number of nitrogens with one attached hydrogen (secondary N) is 2. The molecule has 162 valence electrons. The highest BCUT2D eigenvalue weighted by molar-refractivity contribution is 6.02. The number of anilines is 1. The number of carbonyl (C=O) groups is 2. The van der Waals surface area contributed by atoms with Gasteiger partial charge < -0.3 is 14.8 Å². The molecule has 1 amide bonds. The highest BCUT2D eigenvalue weighted by Gasteiger charge is 2.25. The molecule has 2 N–H and O–H groups in total. The fourth-order valence-electron chi connectivity index (χ4n) is 3.48. The second kappa shape index (κ2) is 9.34.